The molecule has 1 aliphatic rings. The third-order valence-electron chi connectivity index (χ3n) is 3.04. The van der Waals surface area contributed by atoms with Gasteiger partial charge in [0.2, 0.25) is 0 Å². The van der Waals surface area contributed by atoms with Gasteiger partial charge in [0.15, 0.2) is 0 Å². The van der Waals surface area contributed by atoms with Crippen molar-refractivity contribution in [2.75, 3.05) is 6.54 Å². The maximum atomic E-state index is 12.6. The van der Waals surface area contributed by atoms with Gasteiger partial charge in [-0.3, -0.25) is 0 Å². The molecule has 0 bridgehead atoms. The Bertz CT molecular complexity index is 384. The Morgan fingerprint density at radius 3 is 2.28 bits per heavy atom. The first kappa shape index (κ1) is 13.3. The molecular formula is C13H15F4N. The van der Waals surface area contributed by atoms with Gasteiger partial charge in [-0.2, -0.15) is 8.78 Å². The van der Waals surface area contributed by atoms with Crippen molar-refractivity contribution in [1.82, 2.24) is 5.32 Å². The van der Waals surface area contributed by atoms with Crippen molar-refractivity contribution in [2.45, 2.75) is 37.7 Å². The molecule has 0 saturated heterocycles. The van der Waals surface area contributed by atoms with E-state index in [-0.39, 0.29) is 6.54 Å². The number of hydrogen-bond acceptors (Lipinski definition) is 1. The Labute approximate surface area is 103 Å². The summed E-state index contributed by atoms with van der Waals surface area (Å²) in [5.74, 6) is -3.32. The summed E-state index contributed by atoms with van der Waals surface area (Å²) in [4.78, 5) is 0. The van der Waals surface area contributed by atoms with Gasteiger partial charge in [0, 0.05) is 6.54 Å². The second-order valence-electron chi connectivity index (χ2n) is 4.68. The van der Waals surface area contributed by atoms with Crippen LogP contribution >= 0.6 is 0 Å². The monoisotopic (exact) mass is 261 g/mol. The van der Waals surface area contributed by atoms with E-state index in [0.717, 1.165) is 5.56 Å². The maximum absolute atomic E-state index is 12.6. The molecule has 0 aromatic heterocycles. The van der Waals surface area contributed by atoms with Gasteiger partial charge in [0.25, 0.3) is 0 Å². The molecule has 1 aromatic rings. The molecule has 1 nitrogen and oxygen atoms in total. The van der Waals surface area contributed by atoms with Crippen molar-refractivity contribution in [3.8, 4) is 0 Å². The van der Waals surface area contributed by atoms with Crippen molar-refractivity contribution < 1.29 is 17.6 Å². The summed E-state index contributed by atoms with van der Waals surface area (Å²) in [6.07, 6.45) is -1.21. The fourth-order valence-corrected chi connectivity index (χ4v) is 1.77. The van der Waals surface area contributed by atoms with Gasteiger partial charge in [-0.1, -0.05) is 24.3 Å². The first-order chi connectivity index (χ1) is 8.49. The van der Waals surface area contributed by atoms with E-state index in [1.54, 1.807) is 0 Å². The Balaban J connectivity index is 1.79. The standard InChI is InChI=1S/C13H15F4N/c14-12(15)13(16,17)8-18-7-9-1-3-10(4-2-9)11-5-6-11/h1-4,11-12,18H,5-8H2. The number of rotatable bonds is 6. The smallest absolute Gasteiger partial charge is 0.307 e. The van der Waals surface area contributed by atoms with Crippen LogP contribution in [0, 0.1) is 0 Å². The van der Waals surface area contributed by atoms with Gasteiger partial charge in [-0.25, -0.2) is 8.78 Å². The first-order valence-corrected chi connectivity index (χ1v) is 5.94. The third-order valence-corrected chi connectivity index (χ3v) is 3.04. The number of benzene rings is 1. The molecule has 1 N–H and O–H groups in total. The molecule has 1 fully saturated rings. The molecule has 0 heterocycles. The quantitative estimate of drug-likeness (QED) is 0.772. The van der Waals surface area contributed by atoms with E-state index >= 15 is 0 Å². The average Bonchev–Trinajstić information content (AvgIpc) is 3.13. The summed E-state index contributed by atoms with van der Waals surface area (Å²) in [6, 6.07) is 7.64. The summed E-state index contributed by atoms with van der Waals surface area (Å²) >= 11 is 0. The van der Waals surface area contributed by atoms with E-state index < -0.39 is 18.9 Å². The topological polar surface area (TPSA) is 12.0 Å². The van der Waals surface area contributed by atoms with Crippen LogP contribution in [0.25, 0.3) is 0 Å². The van der Waals surface area contributed by atoms with Crippen molar-refractivity contribution in [2.24, 2.45) is 0 Å². The van der Waals surface area contributed by atoms with Crippen LogP contribution in [-0.2, 0) is 6.54 Å². The predicted octanol–water partition coefficient (Wildman–Crippen LogP) is 3.55. The van der Waals surface area contributed by atoms with Gasteiger partial charge in [0.05, 0.1) is 6.54 Å². The summed E-state index contributed by atoms with van der Waals surface area (Å²) in [6.45, 7) is -0.831. The van der Waals surface area contributed by atoms with Crippen LogP contribution in [0.5, 0.6) is 0 Å². The number of hydrogen-bond donors (Lipinski definition) is 1. The Kier molecular flexibility index (Phi) is 3.90. The lowest BCUT2D eigenvalue weighted by atomic mass is 10.1. The SMILES string of the molecule is FC(F)C(F)(F)CNCc1ccc(C2CC2)cc1. The van der Waals surface area contributed by atoms with E-state index in [0.29, 0.717) is 5.92 Å². The molecule has 0 amide bonds. The molecule has 0 spiro atoms. The largest absolute Gasteiger partial charge is 0.319 e. The molecule has 100 valence electrons. The van der Waals surface area contributed by atoms with E-state index in [2.05, 4.69) is 5.32 Å². The summed E-state index contributed by atoms with van der Waals surface area (Å²) < 4.78 is 49.0. The third kappa shape index (κ3) is 3.45. The molecule has 1 aliphatic carbocycles. The predicted molar refractivity (Wildman–Crippen MR) is 61.1 cm³/mol. The van der Waals surface area contributed by atoms with Gasteiger partial charge >= 0.3 is 12.3 Å². The van der Waals surface area contributed by atoms with Crippen molar-refractivity contribution in [3.63, 3.8) is 0 Å². The van der Waals surface area contributed by atoms with Crippen molar-refractivity contribution in [3.05, 3.63) is 35.4 Å². The number of alkyl halides is 4. The number of nitrogens with one attached hydrogen (secondary N) is 1. The minimum Gasteiger partial charge on any atom is -0.307 e. The highest BCUT2D eigenvalue weighted by Gasteiger charge is 2.39. The number of halogens is 4. The summed E-state index contributed by atoms with van der Waals surface area (Å²) in [7, 11) is 0. The van der Waals surface area contributed by atoms with Crippen LogP contribution in [0.2, 0.25) is 0 Å². The van der Waals surface area contributed by atoms with Gasteiger partial charge in [-0.15, -0.1) is 0 Å². The fraction of sp³-hybridized carbons (Fsp3) is 0.538. The van der Waals surface area contributed by atoms with Crippen LogP contribution in [0.1, 0.15) is 29.9 Å². The van der Waals surface area contributed by atoms with E-state index in [1.807, 2.05) is 24.3 Å². The van der Waals surface area contributed by atoms with Crippen LogP contribution in [0.4, 0.5) is 17.6 Å². The molecular weight excluding hydrogens is 246 g/mol. The molecule has 0 radical (unpaired) electrons. The molecule has 1 aromatic carbocycles. The van der Waals surface area contributed by atoms with Crippen LogP contribution < -0.4 is 5.32 Å². The Hall–Kier alpha value is -1.10. The average molecular weight is 261 g/mol. The maximum Gasteiger partial charge on any atom is 0.319 e. The summed E-state index contributed by atoms with van der Waals surface area (Å²) in [5.41, 5.74) is 2.08. The Morgan fingerprint density at radius 1 is 1.17 bits per heavy atom. The van der Waals surface area contributed by atoms with E-state index in [4.69, 9.17) is 0 Å². The normalized spacial score (nSPS) is 16.3. The van der Waals surface area contributed by atoms with Crippen molar-refractivity contribution >= 4 is 0 Å². The van der Waals surface area contributed by atoms with Gasteiger partial charge < -0.3 is 5.32 Å². The molecule has 2 rings (SSSR count). The fourth-order valence-electron chi connectivity index (χ4n) is 1.77. The zero-order chi connectivity index (χ0) is 13.2. The molecule has 0 unspecified atom stereocenters. The molecule has 1 saturated carbocycles. The molecule has 18 heavy (non-hydrogen) atoms. The highest BCUT2D eigenvalue weighted by molar-refractivity contribution is 5.27. The van der Waals surface area contributed by atoms with Gasteiger partial charge in [0.1, 0.15) is 0 Å². The lowest BCUT2D eigenvalue weighted by Gasteiger charge is -2.15. The highest BCUT2D eigenvalue weighted by Crippen LogP contribution is 2.39. The van der Waals surface area contributed by atoms with Crippen LogP contribution in [-0.4, -0.2) is 18.9 Å². The second kappa shape index (κ2) is 5.26. The minimum absolute atomic E-state index is 0.174. The van der Waals surface area contributed by atoms with Gasteiger partial charge in [-0.05, 0) is 29.9 Å². The van der Waals surface area contributed by atoms with Crippen LogP contribution in [0.15, 0.2) is 24.3 Å². The lowest BCUT2D eigenvalue weighted by Crippen LogP contribution is -2.38. The molecule has 5 heteroatoms. The van der Waals surface area contributed by atoms with Crippen molar-refractivity contribution in [1.29, 1.82) is 0 Å². The van der Waals surface area contributed by atoms with Crippen LogP contribution in [0.3, 0.4) is 0 Å². The van der Waals surface area contributed by atoms with E-state index in [1.165, 1.54) is 18.4 Å². The first-order valence-electron chi connectivity index (χ1n) is 5.94. The molecule has 0 aliphatic heterocycles. The highest BCUT2D eigenvalue weighted by atomic mass is 19.3. The zero-order valence-corrected chi connectivity index (χ0v) is 9.80. The lowest BCUT2D eigenvalue weighted by molar-refractivity contribution is -0.125. The minimum atomic E-state index is -3.96. The zero-order valence-electron chi connectivity index (χ0n) is 9.80. The second-order valence-corrected chi connectivity index (χ2v) is 4.68. The van der Waals surface area contributed by atoms with E-state index in [9.17, 15) is 17.6 Å². The molecule has 0 atom stereocenters. The summed E-state index contributed by atoms with van der Waals surface area (Å²) in [5, 5.41) is 2.36. The Morgan fingerprint density at radius 2 is 1.78 bits per heavy atom.